The van der Waals surface area contributed by atoms with Gasteiger partial charge in [0.2, 0.25) is 0 Å². The van der Waals surface area contributed by atoms with Gasteiger partial charge < -0.3 is 14.4 Å². The molecule has 4 aliphatic rings. The van der Waals surface area contributed by atoms with Crippen LogP contribution in [0, 0.1) is 0 Å². The first-order valence-electron chi connectivity index (χ1n) is 11.5. The highest BCUT2D eigenvalue weighted by molar-refractivity contribution is 6.15. The van der Waals surface area contributed by atoms with Crippen LogP contribution in [0.5, 0.6) is 0 Å². The van der Waals surface area contributed by atoms with E-state index in [1.165, 1.54) is 40.6 Å². The van der Waals surface area contributed by atoms with Crippen LogP contribution in [0.2, 0.25) is 0 Å². The zero-order valence-corrected chi connectivity index (χ0v) is 19.6. The Bertz CT molecular complexity index is 1330. The molecule has 0 aromatic heterocycles. The lowest BCUT2D eigenvalue weighted by Gasteiger charge is -2.38. The van der Waals surface area contributed by atoms with E-state index in [9.17, 15) is 9.59 Å². The van der Waals surface area contributed by atoms with Crippen LogP contribution in [0.3, 0.4) is 0 Å². The van der Waals surface area contributed by atoms with Gasteiger partial charge in [0.1, 0.15) is 11.7 Å². The van der Waals surface area contributed by atoms with E-state index in [0.29, 0.717) is 6.42 Å². The van der Waals surface area contributed by atoms with Crippen molar-refractivity contribution < 1.29 is 19.1 Å². The molecule has 3 aliphatic heterocycles. The minimum absolute atomic E-state index is 0.0394. The second-order valence-corrected chi connectivity index (χ2v) is 10.4. The van der Waals surface area contributed by atoms with Crippen molar-refractivity contribution in [2.75, 3.05) is 18.6 Å². The molecule has 1 aliphatic carbocycles. The van der Waals surface area contributed by atoms with E-state index in [1.54, 1.807) is 6.08 Å². The Labute approximate surface area is 193 Å². The van der Waals surface area contributed by atoms with Crippen LogP contribution < -0.4 is 4.90 Å². The van der Waals surface area contributed by atoms with Gasteiger partial charge in [0.25, 0.3) is 0 Å². The highest BCUT2D eigenvalue weighted by atomic mass is 16.6. The number of rotatable bonds is 1. The van der Waals surface area contributed by atoms with Gasteiger partial charge in [0.15, 0.2) is 0 Å². The van der Waals surface area contributed by atoms with Crippen LogP contribution in [0.4, 0.5) is 5.69 Å². The number of ether oxygens (including phenoxy) is 2. The third-order valence-electron chi connectivity index (χ3n) is 7.94. The molecule has 0 saturated carbocycles. The Morgan fingerprint density at radius 1 is 1.03 bits per heavy atom. The summed E-state index contributed by atoms with van der Waals surface area (Å²) in [6, 6.07) is 13.4. The van der Waals surface area contributed by atoms with Crippen molar-refractivity contribution in [3.05, 3.63) is 76.0 Å². The van der Waals surface area contributed by atoms with Crippen molar-refractivity contribution in [2.45, 2.75) is 51.0 Å². The molecule has 2 aromatic rings. The minimum atomic E-state index is -0.658. The largest absolute Gasteiger partial charge is 0.465 e. The predicted molar refractivity (Wildman–Crippen MR) is 126 cm³/mol. The topological polar surface area (TPSA) is 55.8 Å². The van der Waals surface area contributed by atoms with Gasteiger partial charge >= 0.3 is 11.9 Å². The van der Waals surface area contributed by atoms with Gasteiger partial charge in [-0.05, 0) is 46.0 Å². The molecule has 6 rings (SSSR count). The molecule has 2 aromatic carbocycles. The molecule has 5 nitrogen and oxygen atoms in total. The maximum absolute atomic E-state index is 12.4. The van der Waals surface area contributed by atoms with Crippen LogP contribution in [-0.2, 0) is 29.9 Å². The molecule has 0 N–H and O–H groups in total. The van der Waals surface area contributed by atoms with E-state index in [2.05, 4.69) is 69.0 Å². The summed E-state index contributed by atoms with van der Waals surface area (Å²) < 4.78 is 10.5. The Hall–Kier alpha value is -3.34. The predicted octanol–water partition coefficient (Wildman–Crippen LogP) is 4.77. The average molecular weight is 442 g/mol. The second kappa shape index (κ2) is 6.37. The fourth-order valence-corrected chi connectivity index (χ4v) is 6.29. The smallest absolute Gasteiger partial charge is 0.346 e. The highest BCUT2D eigenvalue weighted by Crippen LogP contribution is 2.57. The number of nitrogens with zero attached hydrogens (tertiary/aromatic N) is 1. The number of benzene rings is 2. The normalized spacial score (nSPS) is 23.1. The van der Waals surface area contributed by atoms with Gasteiger partial charge in [-0.25, -0.2) is 9.59 Å². The number of carbonyl (C=O) groups is 2. The lowest BCUT2D eigenvalue weighted by atomic mass is 9.77. The summed E-state index contributed by atoms with van der Waals surface area (Å²) in [5.41, 5.74) is 9.38. The van der Waals surface area contributed by atoms with E-state index in [1.807, 2.05) is 0 Å². The van der Waals surface area contributed by atoms with Crippen molar-refractivity contribution in [1.29, 1.82) is 0 Å². The Morgan fingerprint density at radius 2 is 1.79 bits per heavy atom. The first-order valence-corrected chi connectivity index (χ1v) is 11.5. The van der Waals surface area contributed by atoms with E-state index >= 15 is 0 Å². The molecule has 0 fully saturated rings. The third-order valence-corrected chi connectivity index (χ3v) is 7.94. The first-order chi connectivity index (χ1) is 15.7. The monoisotopic (exact) mass is 441 g/mol. The molecule has 0 radical (unpaired) electrons. The second-order valence-electron chi connectivity index (χ2n) is 10.4. The average Bonchev–Trinajstić information content (AvgIpc) is 3.17. The fraction of sp³-hybridized carbons (Fsp3) is 0.357. The van der Waals surface area contributed by atoms with Crippen molar-refractivity contribution in [3.8, 4) is 11.1 Å². The van der Waals surface area contributed by atoms with Gasteiger partial charge in [0.05, 0.1) is 7.11 Å². The summed E-state index contributed by atoms with van der Waals surface area (Å²) in [5.74, 6) is -1.26. The highest BCUT2D eigenvalue weighted by Gasteiger charge is 2.49. The Morgan fingerprint density at radius 3 is 2.55 bits per heavy atom. The molecule has 5 heteroatoms. The third kappa shape index (κ3) is 2.48. The first kappa shape index (κ1) is 20.3. The van der Waals surface area contributed by atoms with Gasteiger partial charge in [-0.2, -0.15) is 0 Å². The van der Waals surface area contributed by atoms with E-state index in [0.717, 1.165) is 17.8 Å². The van der Waals surface area contributed by atoms with Gasteiger partial charge in [-0.3, -0.25) is 0 Å². The molecule has 1 atom stereocenters. The molecular formula is C28H27NO4. The van der Waals surface area contributed by atoms with E-state index in [4.69, 9.17) is 9.47 Å². The SMILES string of the molecule is COC(=O)C1=CC2=C3N(CCC2OC1=O)c1cc2c(cc1C3(C)C)-c1ccccc1C2(C)C. The summed E-state index contributed by atoms with van der Waals surface area (Å²) in [5, 5.41) is 0. The van der Waals surface area contributed by atoms with Gasteiger partial charge in [0, 0.05) is 40.8 Å². The molecule has 168 valence electrons. The molecule has 3 heterocycles. The van der Waals surface area contributed by atoms with Crippen LogP contribution in [0.15, 0.2) is 59.3 Å². The minimum Gasteiger partial charge on any atom is -0.465 e. The van der Waals surface area contributed by atoms with Crippen molar-refractivity contribution in [1.82, 2.24) is 0 Å². The summed E-state index contributed by atoms with van der Waals surface area (Å²) in [6.07, 6.45) is 2.05. The van der Waals surface area contributed by atoms with Gasteiger partial charge in [-0.1, -0.05) is 52.0 Å². The molecule has 1 unspecified atom stereocenters. The number of methoxy groups -OCH3 is 1. The zero-order chi connectivity index (χ0) is 23.3. The molecule has 0 spiro atoms. The summed E-state index contributed by atoms with van der Waals surface area (Å²) in [7, 11) is 1.28. The Kier molecular flexibility index (Phi) is 3.92. The standard InChI is InChI=1S/C28H27NO4/c1-27(2)19-9-7-6-8-15(19)16-13-21-22(14-20(16)27)29-11-10-23-17(24(29)28(21,3)4)12-18(25(30)32-5)26(31)33-23/h6-9,12-14,23H,10-11H2,1-5H3. The van der Waals surface area contributed by atoms with Crippen molar-refractivity contribution >= 4 is 17.6 Å². The van der Waals surface area contributed by atoms with Gasteiger partial charge in [-0.15, -0.1) is 0 Å². The fourth-order valence-electron chi connectivity index (χ4n) is 6.29. The maximum atomic E-state index is 12.4. The maximum Gasteiger partial charge on any atom is 0.346 e. The lowest BCUT2D eigenvalue weighted by molar-refractivity contribution is -0.149. The molecule has 33 heavy (non-hydrogen) atoms. The van der Waals surface area contributed by atoms with Crippen LogP contribution in [0.1, 0.15) is 50.8 Å². The molecule has 0 bridgehead atoms. The summed E-state index contributed by atoms with van der Waals surface area (Å²) >= 11 is 0. The zero-order valence-electron chi connectivity index (χ0n) is 19.6. The van der Waals surface area contributed by atoms with Crippen molar-refractivity contribution in [3.63, 3.8) is 0 Å². The summed E-state index contributed by atoms with van der Waals surface area (Å²) in [4.78, 5) is 27.0. The van der Waals surface area contributed by atoms with Crippen LogP contribution in [-0.4, -0.2) is 31.7 Å². The van der Waals surface area contributed by atoms with E-state index < -0.39 is 11.9 Å². The van der Waals surface area contributed by atoms with Crippen molar-refractivity contribution in [2.24, 2.45) is 0 Å². The number of carbonyl (C=O) groups excluding carboxylic acids is 2. The summed E-state index contributed by atoms with van der Waals surface area (Å²) in [6.45, 7) is 9.79. The van der Waals surface area contributed by atoms with E-state index in [-0.39, 0.29) is 22.5 Å². The quantitative estimate of drug-likeness (QED) is 0.471. The molecule has 0 saturated heterocycles. The number of hydrogen-bond donors (Lipinski definition) is 0. The van der Waals surface area contributed by atoms with Crippen LogP contribution in [0.25, 0.3) is 11.1 Å². The number of allylic oxidation sites excluding steroid dienone is 1. The lowest BCUT2D eigenvalue weighted by Crippen LogP contribution is -2.41. The number of fused-ring (bicyclic) bond motifs is 7. The Balaban J connectivity index is 1.59. The molecular weight excluding hydrogens is 414 g/mol. The number of anilines is 1. The van der Waals surface area contributed by atoms with Crippen LogP contribution >= 0.6 is 0 Å². The number of esters is 2. The molecule has 0 amide bonds. The number of hydrogen-bond acceptors (Lipinski definition) is 5.